The molecule has 102 valence electrons. The molecule has 1 aliphatic rings. The summed E-state index contributed by atoms with van der Waals surface area (Å²) in [5, 5.41) is 3.40. The van der Waals surface area contributed by atoms with Crippen molar-refractivity contribution < 1.29 is 9.47 Å². The fraction of sp³-hybridized carbons (Fsp3) is 1.00. The lowest BCUT2D eigenvalue weighted by Gasteiger charge is -2.23. The highest BCUT2D eigenvalue weighted by Gasteiger charge is 2.14. The molecular formula is C14H29NO2. The van der Waals surface area contributed by atoms with Crippen LogP contribution < -0.4 is 5.32 Å². The van der Waals surface area contributed by atoms with Crippen LogP contribution in [0.15, 0.2) is 0 Å². The van der Waals surface area contributed by atoms with E-state index in [1.54, 1.807) is 7.11 Å². The van der Waals surface area contributed by atoms with E-state index in [1.165, 1.54) is 32.1 Å². The van der Waals surface area contributed by atoms with Crippen LogP contribution in [-0.4, -0.2) is 39.5 Å². The quantitative estimate of drug-likeness (QED) is 0.631. The molecule has 0 saturated heterocycles. The van der Waals surface area contributed by atoms with E-state index in [1.807, 2.05) is 0 Å². The van der Waals surface area contributed by atoms with Gasteiger partial charge in [0.15, 0.2) is 0 Å². The molecule has 0 amide bonds. The van der Waals surface area contributed by atoms with E-state index in [4.69, 9.17) is 9.47 Å². The summed E-state index contributed by atoms with van der Waals surface area (Å²) < 4.78 is 10.9. The third-order valence-electron chi connectivity index (χ3n) is 3.48. The maximum atomic E-state index is 5.89. The van der Waals surface area contributed by atoms with Crippen LogP contribution in [0.2, 0.25) is 0 Å². The van der Waals surface area contributed by atoms with Gasteiger partial charge in [-0.25, -0.2) is 0 Å². The van der Waals surface area contributed by atoms with Crippen LogP contribution in [0.25, 0.3) is 0 Å². The van der Waals surface area contributed by atoms with E-state index in [9.17, 15) is 0 Å². The number of hydrogen-bond donors (Lipinski definition) is 1. The Bertz CT molecular complexity index is 170. The average Bonchev–Trinajstić information content (AvgIpc) is 2.37. The van der Waals surface area contributed by atoms with E-state index in [0.717, 1.165) is 38.6 Å². The molecule has 3 heteroatoms. The Balaban J connectivity index is 1.91. The summed E-state index contributed by atoms with van der Waals surface area (Å²) in [6.45, 7) is 5.93. The molecule has 0 aromatic rings. The Hall–Kier alpha value is -0.120. The largest absolute Gasteiger partial charge is 0.385 e. The van der Waals surface area contributed by atoms with Gasteiger partial charge in [-0.15, -0.1) is 0 Å². The number of ether oxygens (including phenoxy) is 2. The monoisotopic (exact) mass is 243 g/mol. The van der Waals surface area contributed by atoms with Crippen molar-refractivity contribution in [1.82, 2.24) is 5.32 Å². The fourth-order valence-corrected chi connectivity index (χ4v) is 2.36. The number of nitrogens with one attached hydrogen (secondary N) is 1. The molecule has 1 N–H and O–H groups in total. The maximum Gasteiger partial charge on any atom is 0.0671 e. The van der Waals surface area contributed by atoms with Crippen LogP contribution in [0, 0.1) is 5.92 Å². The van der Waals surface area contributed by atoms with Gasteiger partial charge in [-0.2, -0.15) is 0 Å². The van der Waals surface area contributed by atoms with Crippen LogP contribution >= 0.6 is 0 Å². The van der Waals surface area contributed by atoms with Crippen LogP contribution in [-0.2, 0) is 9.47 Å². The Morgan fingerprint density at radius 1 is 1.24 bits per heavy atom. The van der Waals surface area contributed by atoms with Gasteiger partial charge in [0.1, 0.15) is 0 Å². The topological polar surface area (TPSA) is 30.5 Å². The molecule has 1 atom stereocenters. The number of rotatable bonds is 9. The third kappa shape index (κ3) is 7.74. The molecule has 1 fully saturated rings. The van der Waals surface area contributed by atoms with Crippen LogP contribution in [0.3, 0.4) is 0 Å². The minimum Gasteiger partial charge on any atom is -0.385 e. The zero-order valence-electron chi connectivity index (χ0n) is 11.5. The Morgan fingerprint density at radius 2 is 2.00 bits per heavy atom. The van der Waals surface area contributed by atoms with Crippen LogP contribution in [0.4, 0.5) is 0 Å². The summed E-state index contributed by atoms with van der Waals surface area (Å²) in [6.07, 6.45) is 8.37. The number of hydrogen-bond acceptors (Lipinski definition) is 3. The van der Waals surface area contributed by atoms with E-state index >= 15 is 0 Å². The molecule has 17 heavy (non-hydrogen) atoms. The van der Waals surface area contributed by atoms with Crippen molar-refractivity contribution in [2.45, 2.75) is 51.6 Å². The second kappa shape index (κ2) is 9.86. The zero-order valence-corrected chi connectivity index (χ0v) is 11.5. The van der Waals surface area contributed by atoms with Gasteiger partial charge in [-0.3, -0.25) is 0 Å². The van der Waals surface area contributed by atoms with Crippen molar-refractivity contribution in [1.29, 1.82) is 0 Å². The third-order valence-corrected chi connectivity index (χ3v) is 3.48. The second-order valence-corrected chi connectivity index (χ2v) is 5.20. The second-order valence-electron chi connectivity index (χ2n) is 5.20. The van der Waals surface area contributed by atoms with Gasteiger partial charge in [-0.1, -0.05) is 19.3 Å². The molecule has 0 aromatic heterocycles. The van der Waals surface area contributed by atoms with Gasteiger partial charge >= 0.3 is 0 Å². The van der Waals surface area contributed by atoms with E-state index in [2.05, 4.69) is 12.2 Å². The highest BCUT2D eigenvalue weighted by Crippen LogP contribution is 2.23. The predicted octanol–water partition coefficient (Wildman–Crippen LogP) is 2.60. The first-order chi connectivity index (χ1) is 8.33. The highest BCUT2D eigenvalue weighted by atomic mass is 16.5. The normalized spacial score (nSPS) is 19.4. The van der Waals surface area contributed by atoms with Crippen molar-refractivity contribution in [2.75, 3.05) is 33.4 Å². The van der Waals surface area contributed by atoms with E-state index in [-0.39, 0.29) is 0 Å². The summed E-state index contributed by atoms with van der Waals surface area (Å²) in [5.74, 6) is 0.819. The summed E-state index contributed by atoms with van der Waals surface area (Å²) in [7, 11) is 1.75. The predicted molar refractivity (Wildman–Crippen MR) is 71.4 cm³/mol. The van der Waals surface area contributed by atoms with Gasteiger partial charge in [0.2, 0.25) is 0 Å². The van der Waals surface area contributed by atoms with Gasteiger partial charge < -0.3 is 14.8 Å². The van der Waals surface area contributed by atoms with Crippen molar-refractivity contribution in [2.24, 2.45) is 5.92 Å². The smallest absolute Gasteiger partial charge is 0.0671 e. The molecular weight excluding hydrogens is 214 g/mol. The standard InChI is InChI=1S/C14H29NO2/c1-13(11-15-9-6-10-16-2)17-12-14-7-4-3-5-8-14/h13-15H,3-12H2,1-2H3. The Morgan fingerprint density at radius 3 is 2.71 bits per heavy atom. The summed E-state index contributed by atoms with van der Waals surface area (Å²) >= 11 is 0. The molecule has 1 aliphatic carbocycles. The van der Waals surface area contributed by atoms with Crippen molar-refractivity contribution in [3.8, 4) is 0 Å². The molecule has 0 heterocycles. The highest BCUT2D eigenvalue weighted by molar-refractivity contribution is 4.66. The zero-order chi connectivity index (χ0) is 12.3. The number of methoxy groups -OCH3 is 1. The summed E-state index contributed by atoms with van der Waals surface area (Å²) in [6, 6.07) is 0. The first kappa shape index (κ1) is 14.9. The van der Waals surface area contributed by atoms with E-state index < -0.39 is 0 Å². The molecule has 1 rings (SSSR count). The van der Waals surface area contributed by atoms with Crippen molar-refractivity contribution >= 4 is 0 Å². The molecule has 0 bridgehead atoms. The molecule has 0 aliphatic heterocycles. The molecule has 0 spiro atoms. The minimum atomic E-state index is 0.333. The minimum absolute atomic E-state index is 0.333. The van der Waals surface area contributed by atoms with Gasteiger partial charge in [-0.05, 0) is 38.6 Å². The summed E-state index contributed by atoms with van der Waals surface area (Å²) in [5.41, 5.74) is 0. The first-order valence-corrected chi connectivity index (χ1v) is 7.14. The van der Waals surface area contributed by atoms with E-state index in [0.29, 0.717) is 6.10 Å². The summed E-state index contributed by atoms with van der Waals surface area (Å²) in [4.78, 5) is 0. The lowest BCUT2D eigenvalue weighted by Crippen LogP contribution is -2.29. The Labute approximate surface area is 106 Å². The van der Waals surface area contributed by atoms with Crippen LogP contribution in [0.5, 0.6) is 0 Å². The Kier molecular flexibility index (Phi) is 8.67. The molecule has 1 unspecified atom stereocenters. The molecule has 0 aromatic carbocycles. The molecule has 0 radical (unpaired) electrons. The van der Waals surface area contributed by atoms with Gasteiger partial charge in [0, 0.05) is 26.9 Å². The lowest BCUT2D eigenvalue weighted by atomic mass is 9.90. The lowest BCUT2D eigenvalue weighted by molar-refractivity contribution is 0.0313. The van der Waals surface area contributed by atoms with Gasteiger partial charge in [0.25, 0.3) is 0 Å². The average molecular weight is 243 g/mol. The molecule has 3 nitrogen and oxygen atoms in total. The maximum absolute atomic E-state index is 5.89. The van der Waals surface area contributed by atoms with Crippen molar-refractivity contribution in [3.63, 3.8) is 0 Å². The van der Waals surface area contributed by atoms with Crippen molar-refractivity contribution in [3.05, 3.63) is 0 Å². The molecule has 1 saturated carbocycles. The fourth-order valence-electron chi connectivity index (χ4n) is 2.36. The van der Waals surface area contributed by atoms with Crippen LogP contribution in [0.1, 0.15) is 45.4 Å². The van der Waals surface area contributed by atoms with Gasteiger partial charge in [0.05, 0.1) is 6.10 Å². The SMILES string of the molecule is COCCCNCC(C)OCC1CCCCC1. The first-order valence-electron chi connectivity index (χ1n) is 7.14.